The molecule has 0 saturated heterocycles. The van der Waals surface area contributed by atoms with E-state index in [1.165, 1.54) is 0 Å². The largest absolute Gasteiger partial charge is 0.358 e. The number of nitrogens with zero attached hydrogens (tertiary/aromatic N) is 1. The van der Waals surface area contributed by atoms with Crippen LogP contribution in [-0.4, -0.2) is 23.0 Å². The number of H-pyrrole nitrogens is 1. The van der Waals surface area contributed by atoms with Crippen molar-refractivity contribution in [2.75, 3.05) is 13.1 Å². The molecule has 0 bridgehead atoms. The lowest BCUT2D eigenvalue weighted by molar-refractivity contribution is 0.294. The number of aromatic amines is 1. The molecule has 0 amide bonds. The second-order valence-corrected chi connectivity index (χ2v) is 5.07. The second-order valence-electron chi connectivity index (χ2n) is 5.07. The van der Waals surface area contributed by atoms with E-state index in [0.29, 0.717) is 0 Å². The van der Waals surface area contributed by atoms with Crippen LogP contribution in [0, 0.1) is 13.8 Å². The van der Waals surface area contributed by atoms with Crippen LogP contribution in [0.3, 0.4) is 0 Å². The highest BCUT2D eigenvalue weighted by molar-refractivity contribution is 5.80. The van der Waals surface area contributed by atoms with Gasteiger partial charge < -0.3 is 4.98 Å². The minimum atomic E-state index is 0.168. The lowest BCUT2D eigenvalue weighted by atomic mass is 10.1. The van der Waals surface area contributed by atoms with Gasteiger partial charge in [-0.15, -0.1) is 0 Å². The predicted molar refractivity (Wildman–Crippen MR) is 80.7 cm³/mol. The van der Waals surface area contributed by atoms with E-state index in [1.807, 2.05) is 32.0 Å². The van der Waals surface area contributed by atoms with Gasteiger partial charge in [0.15, 0.2) is 5.43 Å². The Hall–Kier alpha value is -1.61. The maximum atomic E-state index is 12.6. The van der Waals surface area contributed by atoms with Crippen molar-refractivity contribution >= 4 is 10.9 Å². The molecule has 0 aliphatic rings. The summed E-state index contributed by atoms with van der Waals surface area (Å²) >= 11 is 0. The van der Waals surface area contributed by atoms with Crippen LogP contribution in [0.2, 0.25) is 0 Å². The van der Waals surface area contributed by atoms with Crippen molar-refractivity contribution in [3.63, 3.8) is 0 Å². The molecule has 19 heavy (non-hydrogen) atoms. The van der Waals surface area contributed by atoms with E-state index in [2.05, 4.69) is 23.7 Å². The molecule has 0 radical (unpaired) electrons. The second kappa shape index (κ2) is 5.57. The third kappa shape index (κ3) is 2.71. The van der Waals surface area contributed by atoms with Crippen LogP contribution in [0.15, 0.2) is 23.0 Å². The molecule has 0 spiro atoms. The summed E-state index contributed by atoms with van der Waals surface area (Å²) in [4.78, 5) is 18.2. The Kier molecular flexibility index (Phi) is 4.05. The molecule has 102 valence electrons. The molecule has 0 saturated carbocycles. The van der Waals surface area contributed by atoms with Gasteiger partial charge in [-0.05, 0) is 39.1 Å². The fourth-order valence-corrected chi connectivity index (χ4v) is 2.43. The molecule has 0 unspecified atom stereocenters. The summed E-state index contributed by atoms with van der Waals surface area (Å²) in [6.45, 7) is 10.9. The Bertz CT molecular complexity index is 639. The monoisotopic (exact) mass is 258 g/mol. The van der Waals surface area contributed by atoms with Gasteiger partial charge in [0, 0.05) is 28.7 Å². The van der Waals surface area contributed by atoms with Crippen molar-refractivity contribution in [3.05, 3.63) is 45.2 Å². The van der Waals surface area contributed by atoms with E-state index in [4.69, 9.17) is 0 Å². The standard InChI is InChI=1S/C16H22N2O/c1-5-18(6-2)10-14-12(4)17-15-8-7-11(3)9-13(15)16(14)19/h7-9H,5-6,10H2,1-4H3,(H,17,19). The van der Waals surface area contributed by atoms with Crippen molar-refractivity contribution in [1.82, 2.24) is 9.88 Å². The summed E-state index contributed by atoms with van der Waals surface area (Å²) in [5.74, 6) is 0. The Labute approximate surface area is 114 Å². The smallest absolute Gasteiger partial charge is 0.194 e. The van der Waals surface area contributed by atoms with Crippen LogP contribution in [0.25, 0.3) is 10.9 Å². The first-order valence-corrected chi connectivity index (χ1v) is 6.91. The summed E-state index contributed by atoms with van der Waals surface area (Å²) in [6, 6.07) is 5.99. The molecule has 3 nitrogen and oxygen atoms in total. The molecule has 0 atom stereocenters. The number of benzene rings is 1. The molecule has 2 rings (SSSR count). The van der Waals surface area contributed by atoms with Gasteiger partial charge in [0.2, 0.25) is 0 Å². The molecule has 0 fully saturated rings. The fourth-order valence-electron chi connectivity index (χ4n) is 2.43. The van der Waals surface area contributed by atoms with Crippen molar-refractivity contribution < 1.29 is 0 Å². The zero-order chi connectivity index (χ0) is 14.0. The zero-order valence-corrected chi connectivity index (χ0v) is 12.2. The Morgan fingerprint density at radius 1 is 1.16 bits per heavy atom. The predicted octanol–water partition coefficient (Wildman–Crippen LogP) is 2.99. The number of hydrogen-bond acceptors (Lipinski definition) is 2. The first-order chi connectivity index (χ1) is 9.06. The van der Waals surface area contributed by atoms with Crippen LogP contribution in [0.4, 0.5) is 0 Å². The number of hydrogen-bond donors (Lipinski definition) is 1. The molecule has 1 N–H and O–H groups in total. The van der Waals surface area contributed by atoms with Gasteiger partial charge in [0.05, 0.1) is 0 Å². The SMILES string of the molecule is CCN(CC)Cc1c(C)[nH]c2ccc(C)cc2c1=O. The molecular formula is C16H22N2O. The van der Waals surface area contributed by atoms with E-state index >= 15 is 0 Å². The number of nitrogens with one attached hydrogen (secondary N) is 1. The van der Waals surface area contributed by atoms with Gasteiger partial charge in [-0.25, -0.2) is 0 Å². The third-order valence-electron chi connectivity index (χ3n) is 3.74. The van der Waals surface area contributed by atoms with E-state index in [1.54, 1.807) is 0 Å². The molecular weight excluding hydrogens is 236 g/mol. The van der Waals surface area contributed by atoms with E-state index < -0.39 is 0 Å². The maximum absolute atomic E-state index is 12.6. The third-order valence-corrected chi connectivity index (χ3v) is 3.74. The number of pyridine rings is 1. The molecule has 2 aromatic rings. The number of rotatable bonds is 4. The number of aryl methyl sites for hydroxylation is 2. The first-order valence-electron chi connectivity index (χ1n) is 6.91. The van der Waals surface area contributed by atoms with Crippen molar-refractivity contribution in [1.29, 1.82) is 0 Å². The van der Waals surface area contributed by atoms with Gasteiger partial charge in [-0.2, -0.15) is 0 Å². The lowest BCUT2D eigenvalue weighted by Crippen LogP contribution is -2.27. The van der Waals surface area contributed by atoms with E-state index in [-0.39, 0.29) is 5.43 Å². The average molecular weight is 258 g/mol. The van der Waals surface area contributed by atoms with Crippen LogP contribution in [0.5, 0.6) is 0 Å². The highest BCUT2D eigenvalue weighted by Gasteiger charge is 2.11. The molecule has 3 heteroatoms. The summed E-state index contributed by atoms with van der Waals surface area (Å²) in [5.41, 5.74) is 4.09. The summed E-state index contributed by atoms with van der Waals surface area (Å²) in [5, 5.41) is 0.799. The molecule has 1 aromatic carbocycles. The van der Waals surface area contributed by atoms with Crippen LogP contribution >= 0.6 is 0 Å². The summed E-state index contributed by atoms with van der Waals surface area (Å²) in [7, 11) is 0. The quantitative estimate of drug-likeness (QED) is 0.915. The number of aromatic nitrogens is 1. The molecule has 0 aliphatic heterocycles. The van der Waals surface area contributed by atoms with E-state index in [9.17, 15) is 4.79 Å². The highest BCUT2D eigenvalue weighted by atomic mass is 16.1. The minimum absolute atomic E-state index is 0.168. The van der Waals surface area contributed by atoms with Crippen LogP contribution < -0.4 is 5.43 Å². The van der Waals surface area contributed by atoms with E-state index in [0.717, 1.165) is 47.4 Å². The Morgan fingerprint density at radius 3 is 2.47 bits per heavy atom. The lowest BCUT2D eigenvalue weighted by Gasteiger charge is -2.19. The van der Waals surface area contributed by atoms with Gasteiger partial charge >= 0.3 is 0 Å². The van der Waals surface area contributed by atoms with Gasteiger partial charge in [0.25, 0.3) is 0 Å². The normalized spacial score (nSPS) is 11.4. The van der Waals surface area contributed by atoms with Crippen molar-refractivity contribution in [2.24, 2.45) is 0 Å². The highest BCUT2D eigenvalue weighted by Crippen LogP contribution is 2.14. The van der Waals surface area contributed by atoms with Crippen LogP contribution in [-0.2, 0) is 6.54 Å². The average Bonchev–Trinajstić information content (AvgIpc) is 2.40. The number of fused-ring (bicyclic) bond motifs is 1. The maximum Gasteiger partial charge on any atom is 0.194 e. The first kappa shape index (κ1) is 13.8. The van der Waals surface area contributed by atoms with Gasteiger partial charge in [-0.3, -0.25) is 9.69 Å². The minimum Gasteiger partial charge on any atom is -0.358 e. The zero-order valence-electron chi connectivity index (χ0n) is 12.2. The Balaban J connectivity index is 2.58. The van der Waals surface area contributed by atoms with Crippen LogP contribution in [0.1, 0.15) is 30.7 Å². The molecule has 1 aromatic heterocycles. The van der Waals surface area contributed by atoms with Crippen molar-refractivity contribution in [2.45, 2.75) is 34.2 Å². The van der Waals surface area contributed by atoms with Gasteiger partial charge in [0.1, 0.15) is 0 Å². The topological polar surface area (TPSA) is 36.1 Å². The van der Waals surface area contributed by atoms with Gasteiger partial charge in [-0.1, -0.05) is 25.5 Å². The Morgan fingerprint density at radius 2 is 1.84 bits per heavy atom. The summed E-state index contributed by atoms with van der Waals surface area (Å²) in [6.07, 6.45) is 0. The molecule has 1 heterocycles. The van der Waals surface area contributed by atoms with Crippen molar-refractivity contribution in [3.8, 4) is 0 Å². The fraction of sp³-hybridized carbons (Fsp3) is 0.438. The summed E-state index contributed by atoms with van der Waals surface area (Å²) < 4.78 is 0. The molecule has 0 aliphatic carbocycles.